The second-order valence-electron chi connectivity index (χ2n) is 6.58. The van der Waals surface area contributed by atoms with Gasteiger partial charge in [0.05, 0.1) is 0 Å². The topological polar surface area (TPSA) is 108 Å². The standard InChI is InChI=1S/C20H18BrNO5/c23-18-10-14-8-9-22-20(27-21(25)26,17(14)11-19(18)24)12-15-6-3-5-13-4-1-2-7-16(13)15/h1-7,10-11,22-24H,8-9,12H2/t20-/m1/s1. The average molecular weight is 432 g/mol. The van der Waals surface area contributed by atoms with E-state index in [1.54, 1.807) is 0 Å². The Hall–Kier alpha value is -2.16. The van der Waals surface area contributed by atoms with Crippen molar-refractivity contribution in [2.45, 2.75) is 18.6 Å². The van der Waals surface area contributed by atoms with E-state index in [0.717, 1.165) is 21.9 Å². The molecule has 0 saturated heterocycles. The lowest BCUT2D eigenvalue weighted by Crippen LogP contribution is -2.55. The summed E-state index contributed by atoms with van der Waals surface area (Å²) >= 11 is -3.56. The Morgan fingerprint density at radius 3 is 2.59 bits per heavy atom. The van der Waals surface area contributed by atoms with Gasteiger partial charge in [-0.15, -0.1) is 0 Å². The number of hydrogen-bond donors (Lipinski definition) is 3. The number of rotatable bonds is 4. The van der Waals surface area contributed by atoms with Crippen LogP contribution in [0.5, 0.6) is 11.5 Å². The summed E-state index contributed by atoms with van der Waals surface area (Å²) in [6, 6.07) is 16.6. The SMILES string of the molecule is [O-][Br+2]([O-])O[C@@]1(Cc2cccc3ccccc23)NCCc2cc(O)c(O)cc21. The van der Waals surface area contributed by atoms with Crippen LogP contribution in [-0.2, 0) is 22.4 Å². The van der Waals surface area contributed by atoms with Gasteiger partial charge >= 0.3 is 14.8 Å². The maximum atomic E-state index is 11.6. The van der Waals surface area contributed by atoms with Crippen molar-refractivity contribution in [2.75, 3.05) is 6.54 Å². The Morgan fingerprint density at radius 1 is 1.04 bits per heavy atom. The zero-order valence-corrected chi connectivity index (χ0v) is 15.9. The van der Waals surface area contributed by atoms with E-state index in [-0.39, 0.29) is 17.9 Å². The molecule has 4 rings (SSSR count). The van der Waals surface area contributed by atoms with E-state index in [0.29, 0.717) is 18.5 Å². The van der Waals surface area contributed by atoms with Crippen LogP contribution in [0.15, 0.2) is 54.6 Å². The quantitative estimate of drug-likeness (QED) is 0.529. The van der Waals surface area contributed by atoms with E-state index >= 15 is 0 Å². The van der Waals surface area contributed by atoms with Gasteiger partial charge in [0.1, 0.15) is 0 Å². The minimum atomic E-state index is -3.56. The van der Waals surface area contributed by atoms with Crippen LogP contribution in [0, 0.1) is 14.8 Å². The molecule has 3 aromatic carbocycles. The number of nitrogens with one attached hydrogen (secondary N) is 1. The van der Waals surface area contributed by atoms with Crippen molar-refractivity contribution < 1.29 is 37.3 Å². The molecule has 0 fully saturated rings. The van der Waals surface area contributed by atoms with Gasteiger partial charge in [-0.2, -0.15) is 0 Å². The first kappa shape index (κ1) is 18.2. The predicted molar refractivity (Wildman–Crippen MR) is 91.9 cm³/mol. The van der Waals surface area contributed by atoms with Crippen LogP contribution in [0.1, 0.15) is 16.7 Å². The van der Waals surface area contributed by atoms with Crippen molar-refractivity contribution >= 4 is 10.8 Å². The number of aromatic hydroxyl groups is 2. The molecule has 0 bridgehead atoms. The largest absolute Gasteiger partial charge is 0.504 e. The molecule has 7 heteroatoms. The number of phenolic OH excluding ortho intramolecular Hbond substituents is 2. The third-order valence-corrected chi connectivity index (χ3v) is 5.77. The normalized spacial score (nSPS) is 19.4. The zero-order valence-electron chi connectivity index (χ0n) is 14.3. The summed E-state index contributed by atoms with van der Waals surface area (Å²) in [5.74, 6) is -0.543. The van der Waals surface area contributed by atoms with E-state index in [1.807, 2.05) is 42.5 Å². The van der Waals surface area contributed by atoms with Gasteiger partial charge in [0.25, 0.3) is 0 Å². The Morgan fingerprint density at radius 2 is 1.78 bits per heavy atom. The minimum Gasteiger partial charge on any atom is -0.504 e. The molecule has 27 heavy (non-hydrogen) atoms. The molecule has 0 aromatic heterocycles. The first-order chi connectivity index (χ1) is 13.0. The highest BCUT2D eigenvalue weighted by Gasteiger charge is 2.47. The van der Waals surface area contributed by atoms with Gasteiger partial charge in [-0.3, -0.25) is 5.32 Å². The van der Waals surface area contributed by atoms with Gasteiger partial charge in [0, 0.05) is 22.4 Å². The van der Waals surface area contributed by atoms with E-state index < -0.39 is 20.5 Å². The molecule has 3 aromatic rings. The van der Waals surface area contributed by atoms with Crippen LogP contribution >= 0.6 is 0 Å². The van der Waals surface area contributed by atoms with Crippen LogP contribution in [0.25, 0.3) is 10.8 Å². The summed E-state index contributed by atoms with van der Waals surface area (Å²) in [5, 5.41) is 25.1. The van der Waals surface area contributed by atoms with Crippen LogP contribution in [0.4, 0.5) is 0 Å². The van der Waals surface area contributed by atoms with Crippen molar-refractivity contribution in [1.82, 2.24) is 5.32 Å². The summed E-state index contributed by atoms with van der Waals surface area (Å²) in [6.45, 7) is 0.484. The Balaban J connectivity index is 1.87. The van der Waals surface area contributed by atoms with Gasteiger partial charge in [0.2, 0.25) is 5.72 Å². The fraction of sp³-hybridized carbons (Fsp3) is 0.200. The molecule has 0 aliphatic carbocycles. The molecule has 0 spiro atoms. The summed E-state index contributed by atoms with van der Waals surface area (Å²) in [5.41, 5.74) is 0.853. The molecule has 1 aliphatic rings. The van der Waals surface area contributed by atoms with Crippen LogP contribution in [-0.4, -0.2) is 16.8 Å². The number of fused-ring (bicyclic) bond motifs is 2. The fourth-order valence-electron chi connectivity index (χ4n) is 3.77. The van der Waals surface area contributed by atoms with E-state index in [2.05, 4.69) is 5.32 Å². The monoisotopic (exact) mass is 431 g/mol. The number of phenols is 2. The molecule has 0 saturated carbocycles. The van der Waals surface area contributed by atoms with Gasteiger partial charge < -0.3 is 18.6 Å². The van der Waals surface area contributed by atoms with Crippen molar-refractivity contribution in [3.05, 3.63) is 71.3 Å². The van der Waals surface area contributed by atoms with Crippen molar-refractivity contribution in [3.8, 4) is 11.5 Å². The predicted octanol–water partition coefficient (Wildman–Crippen LogP) is 0.895. The molecule has 0 unspecified atom stereocenters. The summed E-state index contributed by atoms with van der Waals surface area (Å²) in [6.07, 6.45) is 0.842. The molecule has 1 atom stereocenters. The van der Waals surface area contributed by atoms with Crippen LogP contribution in [0.3, 0.4) is 0 Å². The molecule has 1 aliphatic heterocycles. The highest BCUT2D eigenvalue weighted by Crippen LogP contribution is 2.40. The van der Waals surface area contributed by atoms with Gasteiger partial charge in [0.15, 0.2) is 11.5 Å². The molecule has 0 amide bonds. The first-order valence-electron chi connectivity index (χ1n) is 8.50. The molecule has 0 radical (unpaired) electrons. The smallest absolute Gasteiger partial charge is 0.439 e. The number of hydrogen-bond acceptors (Lipinski definition) is 6. The highest BCUT2D eigenvalue weighted by molar-refractivity contribution is 5.85. The van der Waals surface area contributed by atoms with Crippen molar-refractivity contribution in [1.29, 1.82) is 0 Å². The third kappa shape index (κ3) is 3.40. The summed E-state index contributed by atoms with van der Waals surface area (Å²) in [7, 11) is 0. The first-order valence-corrected chi connectivity index (χ1v) is 10.4. The van der Waals surface area contributed by atoms with Gasteiger partial charge in [-0.05, 0) is 40.5 Å². The van der Waals surface area contributed by atoms with Crippen molar-refractivity contribution in [3.63, 3.8) is 0 Å². The average Bonchev–Trinajstić information content (AvgIpc) is 2.63. The zero-order chi connectivity index (χ0) is 19.0. The van der Waals surface area contributed by atoms with Crippen LogP contribution in [0.2, 0.25) is 0 Å². The fourth-order valence-corrected chi connectivity index (χ4v) is 4.63. The second-order valence-corrected chi connectivity index (χ2v) is 7.70. The maximum Gasteiger partial charge on any atom is 0.439 e. The second kappa shape index (κ2) is 7.10. The lowest BCUT2D eigenvalue weighted by atomic mass is 9.85. The number of halogens is 1. The molecule has 6 nitrogen and oxygen atoms in total. The van der Waals surface area contributed by atoms with Crippen molar-refractivity contribution in [2.24, 2.45) is 0 Å². The van der Waals surface area contributed by atoms with Gasteiger partial charge in [-0.25, -0.2) is 0 Å². The molecule has 1 heterocycles. The summed E-state index contributed by atoms with van der Waals surface area (Å²) < 4.78 is 28.6. The highest BCUT2D eigenvalue weighted by atomic mass is 80.0. The number of benzene rings is 3. The lowest BCUT2D eigenvalue weighted by molar-refractivity contribution is -1.63. The Bertz CT molecular complexity index is 988. The van der Waals surface area contributed by atoms with Crippen LogP contribution < -0.4 is 13.7 Å². The molecular formula is C20H18BrNO5. The Labute approximate surface area is 161 Å². The maximum absolute atomic E-state index is 11.6. The van der Waals surface area contributed by atoms with E-state index in [4.69, 9.17) is 3.83 Å². The minimum absolute atomic E-state index is 0.232. The van der Waals surface area contributed by atoms with E-state index in [9.17, 15) is 18.6 Å². The summed E-state index contributed by atoms with van der Waals surface area (Å²) in [4.78, 5) is 0. The third-order valence-electron chi connectivity index (χ3n) is 4.95. The molecule has 140 valence electrons. The Kier molecular flexibility index (Phi) is 4.79. The molecular weight excluding hydrogens is 414 g/mol. The lowest BCUT2D eigenvalue weighted by Gasteiger charge is -2.34. The molecule has 3 N–H and O–H groups in total. The van der Waals surface area contributed by atoms with E-state index in [1.165, 1.54) is 12.1 Å². The van der Waals surface area contributed by atoms with Gasteiger partial charge in [-0.1, -0.05) is 42.5 Å².